The molecule has 0 aromatic heterocycles. The van der Waals surface area contributed by atoms with Gasteiger partial charge in [-0.05, 0) is 56.2 Å². The molecule has 2 rings (SSSR count). The van der Waals surface area contributed by atoms with Crippen LogP contribution in [0.5, 0.6) is 11.5 Å². The normalized spacial score (nSPS) is 11.4. The van der Waals surface area contributed by atoms with Crippen molar-refractivity contribution in [3.63, 3.8) is 0 Å². The molecule has 8 nitrogen and oxygen atoms in total. The van der Waals surface area contributed by atoms with Crippen LogP contribution in [0.4, 0.5) is 0 Å². The molecule has 0 aliphatic heterocycles. The van der Waals surface area contributed by atoms with Crippen molar-refractivity contribution >= 4 is 17.7 Å². The molecule has 2 aromatic rings. The third-order valence-corrected chi connectivity index (χ3v) is 4.39. The largest absolute Gasteiger partial charge is 0.494 e. The molecular weight excluding hydrogens is 398 g/mol. The Morgan fingerprint density at radius 3 is 2.10 bits per heavy atom. The van der Waals surface area contributed by atoms with Crippen molar-refractivity contribution in [2.75, 3.05) is 13.2 Å². The highest BCUT2D eigenvalue weighted by Crippen LogP contribution is 2.18. The van der Waals surface area contributed by atoms with Crippen LogP contribution in [-0.2, 0) is 4.79 Å². The third kappa shape index (κ3) is 6.74. The topological polar surface area (TPSA) is 106 Å². The molecule has 3 amide bonds. The lowest BCUT2D eigenvalue weighted by molar-refractivity contribution is -0.124. The number of rotatable bonds is 9. The Morgan fingerprint density at radius 2 is 1.48 bits per heavy atom. The zero-order valence-electron chi connectivity index (χ0n) is 18.2. The van der Waals surface area contributed by atoms with E-state index in [1.165, 1.54) is 0 Å². The summed E-state index contributed by atoms with van der Waals surface area (Å²) in [5.74, 6) is -0.572. The van der Waals surface area contributed by atoms with Gasteiger partial charge in [0.25, 0.3) is 17.7 Å². The lowest BCUT2D eigenvalue weighted by atomic mass is 10.0. The Balaban J connectivity index is 2.00. The molecule has 0 fully saturated rings. The van der Waals surface area contributed by atoms with Gasteiger partial charge in [-0.25, -0.2) is 0 Å². The fourth-order valence-electron chi connectivity index (χ4n) is 2.83. The summed E-state index contributed by atoms with van der Waals surface area (Å²) >= 11 is 0. The molecule has 0 aliphatic rings. The number of nitrogens with one attached hydrogen (secondary N) is 3. The van der Waals surface area contributed by atoms with E-state index >= 15 is 0 Å². The van der Waals surface area contributed by atoms with Gasteiger partial charge >= 0.3 is 0 Å². The average molecular weight is 428 g/mol. The number of ether oxygens (including phenoxy) is 2. The highest BCUT2D eigenvalue weighted by atomic mass is 16.5. The van der Waals surface area contributed by atoms with Crippen LogP contribution in [0.3, 0.4) is 0 Å². The predicted molar refractivity (Wildman–Crippen MR) is 117 cm³/mol. The molecule has 0 bridgehead atoms. The van der Waals surface area contributed by atoms with Crippen LogP contribution in [0.25, 0.3) is 0 Å². The van der Waals surface area contributed by atoms with Gasteiger partial charge < -0.3 is 14.8 Å². The van der Waals surface area contributed by atoms with Crippen LogP contribution in [0.15, 0.2) is 48.5 Å². The van der Waals surface area contributed by atoms with Gasteiger partial charge in [0.05, 0.1) is 18.8 Å². The summed E-state index contributed by atoms with van der Waals surface area (Å²) in [5.41, 5.74) is 5.45. The van der Waals surface area contributed by atoms with Crippen molar-refractivity contribution in [1.82, 2.24) is 16.2 Å². The molecule has 0 heterocycles. The SMILES string of the molecule is CCOc1ccc(C(=O)NNC(=O)[C@@H](NC(=O)c2ccccc2OCC)C(C)C)cc1. The first-order chi connectivity index (χ1) is 14.9. The van der Waals surface area contributed by atoms with Gasteiger partial charge in [0, 0.05) is 5.56 Å². The Morgan fingerprint density at radius 1 is 0.839 bits per heavy atom. The minimum absolute atomic E-state index is 0.217. The predicted octanol–water partition coefficient (Wildman–Crippen LogP) is 2.70. The van der Waals surface area contributed by atoms with Crippen LogP contribution >= 0.6 is 0 Å². The maximum absolute atomic E-state index is 12.7. The molecule has 0 saturated carbocycles. The second-order valence-corrected chi connectivity index (χ2v) is 7.03. The van der Waals surface area contributed by atoms with E-state index in [-0.39, 0.29) is 5.92 Å². The van der Waals surface area contributed by atoms with Crippen molar-refractivity contribution in [3.8, 4) is 11.5 Å². The fraction of sp³-hybridized carbons (Fsp3) is 0.348. The monoisotopic (exact) mass is 427 g/mol. The number of hydrogen-bond acceptors (Lipinski definition) is 5. The second-order valence-electron chi connectivity index (χ2n) is 7.03. The fourth-order valence-corrected chi connectivity index (χ4v) is 2.83. The van der Waals surface area contributed by atoms with E-state index in [0.29, 0.717) is 35.8 Å². The number of carbonyl (C=O) groups is 3. The molecule has 0 unspecified atom stereocenters. The maximum Gasteiger partial charge on any atom is 0.269 e. The highest BCUT2D eigenvalue weighted by Gasteiger charge is 2.26. The Labute approximate surface area is 182 Å². The summed E-state index contributed by atoms with van der Waals surface area (Å²) in [4.78, 5) is 37.7. The second kappa shape index (κ2) is 11.6. The molecule has 0 spiro atoms. The first-order valence-corrected chi connectivity index (χ1v) is 10.2. The van der Waals surface area contributed by atoms with Crippen LogP contribution in [0.1, 0.15) is 48.4 Å². The van der Waals surface area contributed by atoms with Gasteiger partial charge in [0.1, 0.15) is 17.5 Å². The van der Waals surface area contributed by atoms with E-state index in [0.717, 1.165) is 0 Å². The zero-order valence-corrected chi connectivity index (χ0v) is 18.2. The van der Waals surface area contributed by atoms with Crippen molar-refractivity contribution < 1.29 is 23.9 Å². The molecule has 0 saturated heterocycles. The minimum Gasteiger partial charge on any atom is -0.494 e. The average Bonchev–Trinajstić information content (AvgIpc) is 2.76. The van der Waals surface area contributed by atoms with Gasteiger partial charge in [0.2, 0.25) is 0 Å². The number of hydrogen-bond donors (Lipinski definition) is 3. The van der Waals surface area contributed by atoms with Gasteiger partial charge in [-0.1, -0.05) is 26.0 Å². The Kier molecular flexibility index (Phi) is 8.87. The summed E-state index contributed by atoms with van der Waals surface area (Å²) in [6, 6.07) is 12.5. The summed E-state index contributed by atoms with van der Waals surface area (Å²) in [6.45, 7) is 8.23. The first kappa shape index (κ1) is 23.7. The summed E-state index contributed by atoms with van der Waals surface area (Å²) < 4.78 is 10.8. The highest BCUT2D eigenvalue weighted by molar-refractivity contribution is 6.00. The maximum atomic E-state index is 12.7. The number of benzene rings is 2. The molecule has 2 aromatic carbocycles. The van der Waals surface area contributed by atoms with E-state index in [1.54, 1.807) is 62.4 Å². The molecule has 8 heteroatoms. The quantitative estimate of drug-likeness (QED) is 0.534. The molecule has 1 atom stereocenters. The van der Waals surface area contributed by atoms with Crippen molar-refractivity contribution in [2.45, 2.75) is 33.7 Å². The Hall–Kier alpha value is -3.55. The van der Waals surface area contributed by atoms with E-state index in [1.807, 2.05) is 13.8 Å². The number of hydrazine groups is 1. The van der Waals surface area contributed by atoms with E-state index in [9.17, 15) is 14.4 Å². The van der Waals surface area contributed by atoms with Gasteiger partial charge in [-0.3, -0.25) is 25.2 Å². The Bertz CT molecular complexity index is 896. The number of para-hydroxylation sites is 1. The van der Waals surface area contributed by atoms with Crippen LogP contribution < -0.4 is 25.6 Å². The third-order valence-electron chi connectivity index (χ3n) is 4.39. The number of amides is 3. The summed E-state index contributed by atoms with van der Waals surface area (Å²) in [7, 11) is 0. The summed E-state index contributed by atoms with van der Waals surface area (Å²) in [5, 5.41) is 2.72. The lowest BCUT2D eigenvalue weighted by Crippen LogP contribution is -2.54. The lowest BCUT2D eigenvalue weighted by Gasteiger charge is -2.22. The zero-order chi connectivity index (χ0) is 22.8. The van der Waals surface area contributed by atoms with E-state index in [2.05, 4.69) is 16.2 Å². The van der Waals surface area contributed by atoms with Gasteiger partial charge in [-0.2, -0.15) is 0 Å². The van der Waals surface area contributed by atoms with E-state index < -0.39 is 23.8 Å². The van der Waals surface area contributed by atoms with Crippen LogP contribution in [0, 0.1) is 5.92 Å². The van der Waals surface area contributed by atoms with Crippen LogP contribution in [0.2, 0.25) is 0 Å². The van der Waals surface area contributed by atoms with Crippen molar-refractivity contribution in [3.05, 3.63) is 59.7 Å². The molecule has 3 N–H and O–H groups in total. The van der Waals surface area contributed by atoms with Crippen molar-refractivity contribution in [1.29, 1.82) is 0 Å². The van der Waals surface area contributed by atoms with Crippen LogP contribution in [-0.4, -0.2) is 37.0 Å². The molecule has 166 valence electrons. The standard InChI is InChI=1S/C23H29N3O5/c1-5-30-17-13-11-16(12-14-17)21(27)25-26-23(29)20(15(3)4)24-22(28)18-9-7-8-10-19(18)31-6-2/h7-15,20H,5-6H2,1-4H3,(H,24,28)(H,25,27)(H,26,29)/t20-/m0/s1. The van der Waals surface area contributed by atoms with E-state index in [4.69, 9.17) is 9.47 Å². The molecule has 0 aliphatic carbocycles. The first-order valence-electron chi connectivity index (χ1n) is 10.2. The minimum atomic E-state index is -0.859. The van der Waals surface area contributed by atoms with Crippen molar-refractivity contribution in [2.24, 2.45) is 5.92 Å². The number of carbonyl (C=O) groups excluding carboxylic acids is 3. The molecule has 0 radical (unpaired) electrons. The van der Waals surface area contributed by atoms with Gasteiger partial charge in [0.15, 0.2) is 0 Å². The smallest absolute Gasteiger partial charge is 0.269 e. The van der Waals surface area contributed by atoms with Gasteiger partial charge in [-0.15, -0.1) is 0 Å². The molecule has 31 heavy (non-hydrogen) atoms. The molecular formula is C23H29N3O5. The summed E-state index contributed by atoms with van der Waals surface area (Å²) in [6.07, 6.45) is 0.